The first kappa shape index (κ1) is 23.5. The minimum atomic E-state index is -3.10. The van der Waals surface area contributed by atoms with Crippen LogP contribution in [0.5, 0.6) is 11.8 Å². The first-order valence-electron chi connectivity index (χ1n) is 11.3. The molecule has 4 aromatic carbocycles. The van der Waals surface area contributed by atoms with E-state index in [4.69, 9.17) is 9.47 Å². The molecule has 6 heteroatoms. The van der Waals surface area contributed by atoms with Gasteiger partial charge in [-0.25, -0.2) is 0 Å². The van der Waals surface area contributed by atoms with Gasteiger partial charge in [-0.05, 0) is 0 Å². The predicted octanol–water partition coefficient (Wildman–Crippen LogP) is 5.99. The van der Waals surface area contributed by atoms with Crippen LogP contribution in [0.1, 0.15) is 5.56 Å². The summed E-state index contributed by atoms with van der Waals surface area (Å²) in [6.07, 6.45) is 0.773. The van der Waals surface area contributed by atoms with Gasteiger partial charge in [0.05, 0.1) is 0 Å². The van der Waals surface area contributed by atoms with Gasteiger partial charge in [-0.15, -0.1) is 0 Å². The summed E-state index contributed by atoms with van der Waals surface area (Å²) < 4.78 is 10.8. The summed E-state index contributed by atoms with van der Waals surface area (Å²) in [7, 11) is 3.15. The minimum absolute atomic E-state index is 0.377. The third-order valence-corrected chi connectivity index (χ3v) is 15.9. The van der Waals surface area contributed by atoms with Crippen LogP contribution in [0.4, 0.5) is 0 Å². The van der Waals surface area contributed by atoms with E-state index in [-0.39, 0.29) is 0 Å². The predicted molar refractivity (Wildman–Crippen MR) is 150 cm³/mol. The van der Waals surface area contributed by atoms with Crippen molar-refractivity contribution in [3.63, 3.8) is 0 Å². The Hall–Kier alpha value is -3.27. The topological polar surface area (TPSA) is 44.2 Å². The first-order valence-corrected chi connectivity index (χ1v) is 15.8. The van der Waals surface area contributed by atoms with Gasteiger partial charge in [-0.3, -0.25) is 0 Å². The van der Waals surface area contributed by atoms with Crippen molar-refractivity contribution in [3.05, 3.63) is 115 Å². The van der Waals surface area contributed by atoms with Crippen LogP contribution in [0.2, 0.25) is 0 Å². The van der Waals surface area contributed by atoms with E-state index in [9.17, 15) is 0 Å². The molecular formula is C29H26BrN2O2P. The molecule has 176 valence electrons. The fraction of sp³-hybridized carbons (Fsp3) is 0.103. The van der Waals surface area contributed by atoms with E-state index < -0.39 is 5.31 Å². The molecule has 0 amide bonds. The summed E-state index contributed by atoms with van der Waals surface area (Å²) in [6, 6.07) is 38.6. The third kappa shape index (κ3) is 3.99. The number of methoxy groups -OCH3 is 2. The van der Waals surface area contributed by atoms with Crippen molar-refractivity contribution >= 4 is 47.7 Å². The molecule has 0 saturated heterocycles. The molecular weight excluding hydrogens is 519 g/mol. The van der Waals surface area contributed by atoms with Crippen LogP contribution in [-0.4, -0.2) is 24.2 Å². The van der Waals surface area contributed by atoms with E-state index in [1.165, 1.54) is 15.9 Å². The van der Waals surface area contributed by atoms with Crippen LogP contribution >= 0.6 is 20.8 Å². The third-order valence-electron chi connectivity index (χ3n) is 6.42. The van der Waals surface area contributed by atoms with E-state index in [1.807, 2.05) is 6.07 Å². The Kier molecular flexibility index (Phi) is 6.31. The van der Waals surface area contributed by atoms with Crippen LogP contribution in [-0.2, 0) is 6.16 Å². The Morgan fingerprint density at radius 1 is 0.600 bits per heavy atom. The molecule has 0 atom stereocenters. The summed E-state index contributed by atoms with van der Waals surface area (Å²) in [5.41, 5.74) is 2.69. The monoisotopic (exact) mass is 544 g/mol. The van der Waals surface area contributed by atoms with Gasteiger partial charge in [0.15, 0.2) is 0 Å². The molecule has 0 bridgehead atoms. The van der Waals surface area contributed by atoms with Crippen LogP contribution in [0, 0.1) is 0 Å². The number of halogens is 1. The molecule has 0 spiro atoms. The number of benzene rings is 4. The van der Waals surface area contributed by atoms with E-state index in [0.29, 0.717) is 11.8 Å². The van der Waals surface area contributed by atoms with Crippen molar-refractivity contribution in [2.75, 3.05) is 14.2 Å². The zero-order valence-electron chi connectivity index (χ0n) is 19.6. The van der Waals surface area contributed by atoms with E-state index >= 15 is 0 Å². The van der Waals surface area contributed by atoms with Crippen molar-refractivity contribution < 1.29 is 9.47 Å². The van der Waals surface area contributed by atoms with Crippen molar-refractivity contribution in [2.24, 2.45) is 0 Å². The average Bonchev–Trinajstić information content (AvgIpc) is 2.93. The maximum absolute atomic E-state index is 5.41. The Morgan fingerprint density at radius 2 is 1.03 bits per heavy atom. The summed E-state index contributed by atoms with van der Waals surface area (Å²) in [5.74, 6) is 0.758. The average molecular weight is 545 g/mol. The molecule has 0 aliphatic carbocycles. The van der Waals surface area contributed by atoms with Gasteiger partial charge in [0, 0.05) is 0 Å². The molecule has 1 aromatic heterocycles. The summed E-state index contributed by atoms with van der Waals surface area (Å²) >= 11 is 4.52. The number of nitrogens with zero attached hydrogens (tertiary/aromatic N) is 2. The van der Waals surface area contributed by atoms with Crippen LogP contribution in [0.15, 0.2) is 109 Å². The molecule has 0 unspecified atom stereocenters. The molecule has 0 radical (unpaired) electrons. The van der Waals surface area contributed by atoms with Gasteiger partial charge in [0.2, 0.25) is 0 Å². The standard InChI is InChI=1S/C29H26BrN2O2P/c1-33-28-29(34-2)32-27-20-22(18-19-26(27)31-28)21-35(30,23-12-6-3-7-13-23,24-14-8-4-9-15-24)25-16-10-5-11-17-25/h3-20H,21H2,1-2H3. The second-order valence-corrected chi connectivity index (χ2v) is 17.3. The second-order valence-electron chi connectivity index (χ2n) is 8.41. The normalized spacial score (nSPS) is 12.6. The van der Waals surface area contributed by atoms with Crippen molar-refractivity contribution in [1.29, 1.82) is 0 Å². The molecule has 35 heavy (non-hydrogen) atoms. The Morgan fingerprint density at radius 3 is 1.46 bits per heavy atom. The van der Waals surface area contributed by atoms with E-state index in [1.54, 1.807) is 14.2 Å². The SMILES string of the molecule is COc1nc2ccc(CP(Br)(c3ccccc3)(c3ccccc3)c3ccccc3)cc2nc1OC. The van der Waals surface area contributed by atoms with Gasteiger partial charge in [-0.1, -0.05) is 0 Å². The molecule has 0 N–H and O–H groups in total. The molecule has 0 aliphatic heterocycles. The Bertz CT molecular complexity index is 1360. The Balaban J connectivity index is 1.78. The zero-order chi connectivity index (χ0) is 24.3. The molecule has 0 aliphatic rings. The quantitative estimate of drug-likeness (QED) is 0.236. The number of rotatable bonds is 7. The number of hydrogen-bond donors (Lipinski definition) is 0. The zero-order valence-corrected chi connectivity index (χ0v) is 22.1. The molecule has 0 saturated carbocycles. The van der Waals surface area contributed by atoms with E-state index in [2.05, 4.69) is 129 Å². The fourth-order valence-corrected chi connectivity index (χ4v) is 12.4. The van der Waals surface area contributed by atoms with Gasteiger partial charge >= 0.3 is 214 Å². The van der Waals surface area contributed by atoms with Crippen LogP contribution in [0.3, 0.4) is 0 Å². The molecule has 5 aromatic rings. The van der Waals surface area contributed by atoms with Gasteiger partial charge < -0.3 is 0 Å². The van der Waals surface area contributed by atoms with Crippen molar-refractivity contribution in [1.82, 2.24) is 9.97 Å². The molecule has 1 heterocycles. The molecule has 0 fully saturated rings. The fourth-order valence-electron chi connectivity index (χ4n) is 4.71. The number of aromatic nitrogens is 2. The van der Waals surface area contributed by atoms with Crippen LogP contribution in [0.25, 0.3) is 11.0 Å². The van der Waals surface area contributed by atoms with Gasteiger partial charge in [0.1, 0.15) is 0 Å². The first-order chi connectivity index (χ1) is 17.1. The maximum atomic E-state index is 5.41. The summed E-state index contributed by atoms with van der Waals surface area (Å²) in [6.45, 7) is 0. The van der Waals surface area contributed by atoms with E-state index in [0.717, 1.165) is 22.8 Å². The summed E-state index contributed by atoms with van der Waals surface area (Å²) in [5, 5.41) is 0.714. The van der Waals surface area contributed by atoms with Gasteiger partial charge in [0.25, 0.3) is 0 Å². The van der Waals surface area contributed by atoms with Crippen LogP contribution < -0.4 is 25.4 Å². The van der Waals surface area contributed by atoms with Crippen molar-refractivity contribution in [3.8, 4) is 11.8 Å². The number of fused-ring (bicyclic) bond motifs is 1. The number of hydrogen-bond acceptors (Lipinski definition) is 4. The number of ether oxygens (including phenoxy) is 2. The second kappa shape index (κ2) is 9.41. The van der Waals surface area contributed by atoms with Gasteiger partial charge in [-0.2, -0.15) is 0 Å². The van der Waals surface area contributed by atoms with Crippen molar-refractivity contribution in [2.45, 2.75) is 6.16 Å². The molecule has 5 rings (SSSR count). The molecule has 4 nitrogen and oxygen atoms in total. The summed E-state index contributed by atoms with van der Waals surface area (Å²) in [4.78, 5) is 9.27. The Labute approximate surface area is 213 Å².